The van der Waals surface area contributed by atoms with Gasteiger partial charge in [0.1, 0.15) is 0 Å². The van der Waals surface area contributed by atoms with E-state index >= 15 is 0 Å². The van der Waals surface area contributed by atoms with Crippen LogP contribution in [0.4, 0.5) is 0 Å². The van der Waals surface area contributed by atoms with Gasteiger partial charge in [0.05, 0.1) is 11.7 Å². The summed E-state index contributed by atoms with van der Waals surface area (Å²) in [5, 5.41) is 10.5. The molecule has 1 saturated heterocycles. The molecule has 0 amide bonds. The van der Waals surface area contributed by atoms with E-state index in [1.54, 1.807) is 0 Å². The summed E-state index contributed by atoms with van der Waals surface area (Å²) in [5.41, 5.74) is 0.0531. The maximum absolute atomic E-state index is 10.5. The van der Waals surface area contributed by atoms with Crippen molar-refractivity contribution in [3.8, 4) is 0 Å². The number of rotatable bonds is 3. The minimum absolute atomic E-state index is 0.387. The van der Waals surface area contributed by atoms with E-state index < -0.39 is 0 Å². The summed E-state index contributed by atoms with van der Waals surface area (Å²) < 4.78 is 5.62. The van der Waals surface area contributed by atoms with Gasteiger partial charge in [0.25, 0.3) is 0 Å². The van der Waals surface area contributed by atoms with E-state index in [1.807, 2.05) is 0 Å². The first-order valence-corrected chi connectivity index (χ1v) is 6.83. The van der Waals surface area contributed by atoms with E-state index in [4.69, 9.17) is 4.74 Å². The van der Waals surface area contributed by atoms with Crippen molar-refractivity contribution in [1.29, 1.82) is 0 Å². The summed E-state index contributed by atoms with van der Waals surface area (Å²) in [6.07, 6.45) is 9.10. The molecule has 2 aliphatic rings. The zero-order valence-electron chi connectivity index (χ0n) is 10.8. The summed E-state index contributed by atoms with van der Waals surface area (Å²) in [6, 6.07) is 0. The van der Waals surface area contributed by atoms with Crippen LogP contribution in [0.25, 0.3) is 0 Å². The monoisotopic (exact) mass is 226 g/mol. The van der Waals surface area contributed by atoms with Gasteiger partial charge in [-0.2, -0.15) is 0 Å². The van der Waals surface area contributed by atoms with Crippen LogP contribution in [-0.4, -0.2) is 23.4 Å². The molecule has 2 nitrogen and oxygen atoms in total. The first-order valence-electron chi connectivity index (χ1n) is 6.83. The SMILES string of the molecule is CC1(C)CCC(O)(CCC2CCCO2)CC1. The number of ether oxygens (including phenoxy) is 1. The average Bonchev–Trinajstić information content (AvgIpc) is 2.74. The molecule has 0 radical (unpaired) electrons. The fourth-order valence-corrected chi connectivity index (χ4v) is 2.94. The molecule has 2 heteroatoms. The van der Waals surface area contributed by atoms with E-state index in [2.05, 4.69) is 13.8 Å². The summed E-state index contributed by atoms with van der Waals surface area (Å²) >= 11 is 0. The first-order chi connectivity index (χ1) is 7.49. The summed E-state index contributed by atoms with van der Waals surface area (Å²) in [6.45, 7) is 5.55. The van der Waals surface area contributed by atoms with Crippen LogP contribution < -0.4 is 0 Å². The van der Waals surface area contributed by atoms with Crippen molar-refractivity contribution in [3.63, 3.8) is 0 Å². The van der Waals surface area contributed by atoms with E-state index in [1.165, 1.54) is 12.8 Å². The van der Waals surface area contributed by atoms with Crippen LogP contribution in [0.2, 0.25) is 0 Å². The lowest BCUT2D eigenvalue weighted by Gasteiger charge is -2.40. The second-order valence-electron chi connectivity index (χ2n) is 6.56. The fraction of sp³-hybridized carbons (Fsp3) is 1.00. The van der Waals surface area contributed by atoms with Crippen molar-refractivity contribution < 1.29 is 9.84 Å². The largest absolute Gasteiger partial charge is 0.390 e. The summed E-state index contributed by atoms with van der Waals surface area (Å²) in [4.78, 5) is 0. The molecule has 1 atom stereocenters. The third-order valence-electron chi connectivity index (χ3n) is 4.49. The third kappa shape index (κ3) is 3.21. The van der Waals surface area contributed by atoms with Crippen molar-refractivity contribution in [2.75, 3.05) is 6.61 Å². The Morgan fingerprint density at radius 2 is 1.88 bits per heavy atom. The first kappa shape index (κ1) is 12.4. The molecule has 94 valence electrons. The second kappa shape index (κ2) is 4.66. The predicted molar refractivity (Wildman–Crippen MR) is 65.4 cm³/mol. The minimum Gasteiger partial charge on any atom is -0.390 e. The second-order valence-corrected chi connectivity index (χ2v) is 6.56. The smallest absolute Gasteiger partial charge is 0.0649 e. The van der Waals surface area contributed by atoms with Crippen molar-refractivity contribution >= 4 is 0 Å². The Bertz CT molecular complexity index is 219. The van der Waals surface area contributed by atoms with Gasteiger partial charge < -0.3 is 9.84 Å². The van der Waals surface area contributed by atoms with Gasteiger partial charge in [-0.15, -0.1) is 0 Å². The molecule has 0 aromatic rings. The molecule has 0 spiro atoms. The third-order valence-corrected chi connectivity index (χ3v) is 4.49. The van der Waals surface area contributed by atoms with Crippen LogP contribution in [0, 0.1) is 5.41 Å². The molecule has 1 saturated carbocycles. The van der Waals surface area contributed by atoms with Gasteiger partial charge in [-0.05, 0) is 56.8 Å². The normalized spacial score (nSPS) is 32.8. The van der Waals surface area contributed by atoms with Crippen molar-refractivity contribution in [1.82, 2.24) is 0 Å². The number of hydrogen-bond acceptors (Lipinski definition) is 2. The maximum atomic E-state index is 10.5. The molecule has 0 aromatic carbocycles. The standard InChI is InChI=1S/C14H26O2/c1-13(2)7-9-14(15,10-8-13)6-5-12-4-3-11-16-12/h12,15H,3-11H2,1-2H3. The molecule has 2 rings (SSSR count). The van der Waals surface area contributed by atoms with Crippen molar-refractivity contribution in [2.45, 2.75) is 76.9 Å². The van der Waals surface area contributed by atoms with Gasteiger partial charge in [-0.1, -0.05) is 13.8 Å². The highest BCUT2D eigenvalue weighted by Gasteiger charge is 2.36. The Hall–Kier alpha value is -0.0800. The summed E-state index contributed by atoms with van der Waals surface area (Å²) in [7, 11) is 0. The van der Waals surface area contributed by atoms with Crippen LogP contribution in [-0.2, 0) is 4.74 Å². The topological polar surface area (TPSA) is 29.5 Å². The highest BCUT2D eigenvalue weighted by molar-refractivity contribution is 4.89. The van der Waals surface area contributed by atoms with Crippen LogP contribution >= 0.6 is 0 Å². The zero-order valence-corrected chi connectivity index (χ0v) is 10.8. The Morgan fingerprint density at radius 3 is 2.44 bits per heavy atom. The molecule has 1 aliphatic heterocycles. The molecule has 1 N–H and O–H groups in total. The van der Waals surface area contributed by atoms with Gasteiger partial charge >= 0.3 is 0 Å². The quantitative estimate of drug-likeness (QED) is 0.800. The van der Waals surface area contributed by atoms with Crippen LogP contribution in [0.15, 0.2) is 0 Å². The Morgan fingerprint density at radius 1 is 1.19 bits per heavy atom. The van der Waals surface area contributed by atoms with E-state index in [-0.39, 0.29) is 5.60 Å². The average molecular weight is 226 g/mol. The lowest BCUT2D eigenvalue weighted by molar-refractivity contribution is -0.0423. The van der Waals surface area contributed by atoms with Gasteiger partial charge in [0.15, 0.2) is 0 Å². The fourth-order valence-electron chi connectivity index (χ4n) is 2.94. The minimum atomic E-state index is -0.387. The lowest BCUT2D eigenvalue weighted by atomic mass is 9.69. The van der Waals surface area contributed by atoms with E-state index in [9.17, 15) is 5.11 Å². The number of aliphatic hydroxyl groups is 1. The van der Waals surface area contributed by atoms with Gasteiger partial charge in [0, 0.05) is 6.61 Å². The molecular formula is C14H26O2. The molecule has 2 fully saturated rings. The lowest BCUT2D eigenvalue weighted by Crippen LogP contribution is -2.37. The molecule has 1 heterocycles. The van der Waals surface area contributed by atoms with Crippen LogP contribution in [0.5, 0.6) is 0 Å². The molecule has 1 unspecified atom stereocenters. The van der Waals surface area contributed by atoms with Crippen LogP contribution in [0.3, 0.4) is 0 Å². The van der Waals surface area contributed by atoms with Gasteiger partial charge in [0.2, 0.25) is 0 Å². The van der Waals surface area contributed by atoms with Crippen molar-refractivity contribution in [2.24, 2.45) is 5.41 Å². The highest BCUT2D eigenvalue weighted by Crippen LogP contribution is 2.42. The zero-order chi connectivity index (χ0) is 11.6. The number of hydrogen-bond donors (Lipinski definition) is 1. The Labute approximate surface area is 99.4 Å². The molecule has 16 heavy (non-hydrogen) atoms. The summed E-state index contributed by atoms with van der Waals surface area (Å²) in [5.74, 6) is 0. The van der Waals surface area contributed by atoms with Crippen molar-refractivity contribution in [3.05, 3.63) is 0 Å². The molecule has 0 bridgehead atoms. The molecular weight excluding hydrogens is 200 g/mol. The predicted octanol–water partition coefficient (Wildman–Crippen LogP) is 3.28. The Kier molecular flexibility index (Phi) is 3.60. The van der Waals surface area contributed by atoms with Crippen LogP contribution in [0.1, 0.15) is 65.2 Å². The molecule has 0 aromatic heterocycles. The van der Waals surface area contributed by atoms with E-state index in [0.29, 0.717) is 11.5 Å². The Balaban J connectivity index is 1.75. The maximum Gasteiger partial charge on any atom is 0.0649 e. The highest BCUT2D eigenvalue weighted by atomic mass is 16.5. The molecule has 1 aliphatic carbocycles. The van der Waals surface area contributed by atoms with E-state index in [0.717, 1.165) is 45.1 Å². The van der Waals surface area contributed by atoms with Gasteiger partial charge in [-0.25, -0.2) is 0 Å². The van der Waals surface area contributed by atoms with Gasteiger partial charge in [-0.3, -0.25) is 0 Å².